The Balaban J connectivity index is 1.75. The molecule has 2 aliphatic rings. The van der Waals surface area contributed by atoms with Crippen molar-refractivity contribution >= 4 is 64.5 Å². The number of halogens is 2. The van der Waals surface area contributed by atoms with E-state index in [1.54, 1.807) is 0 Å². The molecule has 1 unspecified atom stereocenters. The van der Waals surface area contributed by atoms with Gasteiger partial charge in [0, 0.05) is 11.5 Å². The van der Waals surface area contributed by atoms with Gasteiger partial charge in [0.1, 0.15) is 22.1 Å². The highest BCUT2D eigenvalue weighted by Gasteiger charge is 2.54. The maximum atomic E-state index is 12.3. The largest absolute Gasteiger partial charge is 0.477 e. The topological polar surface area (TPSA) is 128 Å². The molecule has 0 aliphatic carbocycles. The van der Waals surface area contributed by atoms with Crippen molar-refractivity contribution in [2.75, 3.05) is 11.5 Å². The summed E-state index contributed by atoms with van der Waals surface area (Å²) in [5.41, 5.74) is 0.552. The molecule has 0 bridgehead atoms. The minimum atomic E-state index is -1.29. The Hall–Kier alpha value is -1.43. The summed E-state index contributed by atoms with van der Waals surface area (Å²) in [5, 5.41) is 22.1. The Morgan fingerprint density at radius 2 is 2.32 bits per heavy atom. The molecule has 0 saturated carbocycles. The van der Waals surface area contributed by atoms with Gasteiger partial charge >= 0.3 is 5.97 Å². The van der Waals surface area contributed by atoms with Crippen molar-refractivity contribution in [3.63, 3.8) is 0 Å². The molecule has 0 spiro atoms. The van der Waals surface area contributed by atoms with E-state index in [4.69, 9.17) is 23.2 Å². The number of aromatic amines is 1. The summed E-state index contributed by atoms with van der Waals surface area (Å²) in [6.45, 7) is 0. The molecule has 3 heterocycles. The van der Waals surface area contributed by atoms with Gasteiger partial charge in [0.15, 0.2) is 4.84 Å². The number of hydrogen-bond donors (Lipinski definition) is 3. The number of H-pyrrole nitrogens is 1. The molecule has 9 nitrogen and oxygen atoms in total. The zero-order chi connectivity index (χ0) is 18.1. The smallest absolute Gasteiger partial charge is 0.352 e. The number of alkyl halides is 2. The lowest BCUT2D eigenvalue weighted by atomic mass is 10.0. The number of thioether (sulfide) groups is 2. The Labute approximate surface area is 159 Å². The Morgan fingerprint density at radius 1 is 1.56 bits per heavy atom. The molecule has 1 aromatic rings. The van der Waals surface area contributed by atoms with Gasteiger partial charge in [-0.15, -0.1) is 16.9 Å². The van der Waals surface area contributed by atoms with Crippen molar-refractivity contribution in [2.24, 2.45) is 0 Å². The number of β-lactam (4-membered cyclic amide) rings is 1. The predicted molar refractivity (Wildman–Crippen MR) is 92.3 cm³/mol. The Morgan fingerprint density at radius 3 is 2.92 bits per heavy atom. The lowest BCUT2D eigenvalue weighted by Crippen LogP contribution is -2.71. The molecule has 2 amide bonds. The molecule has 3 rings (SSSR count). The summed E-state index contributed by atoms with van der Waals surface area (Å²) in [6, 6.07) is -0.836. The van der Waals surface area contributed by atoms with E-state index in [1.165, 1.54) is 34.6 Å². The number of hydrogen-bond acceptors (Lipinski definition) is 7. The fourth-order valence-electron chi connectivity index (χ4n) is 2.43. The summed E-state index contributed by atoms with van der Waals surface area (Å²) >= 11 is 13.6. The normalized spacial score (nSPS) is 22.7. The number of carboxylic acids is 1. The van der Waals surface area contributed by atoms with E-state index in [0.717, 1.165) is 0 Å². The number of amides is 2. The second-order valence-electron chi connectivity index (χ2n) is 5.05. The minimum absolute atomic E-state index is 0.0523. The van der Waals surface area contributed by atoms with E-state index >= 15 is 0 Å². The van der Waals surface area contributed by atoms with Crippen LogP contribution in [-0.2, 0) is 14.4 Å². The maximum absolute atomic E-state index is 12.3. The van der Waals surface area contributed by atoms with Gasteiger partial charge < -0.3 is 10.4 Å². The number of carboxylic acid groups (broad SMARTS) is 1. The number of aliphatic carboxylic acids is 1. The number of nitrogens with one attached hydrogen (secondary N) is 2. The third-order valence-corrected chi connectivity index (χ3v) is 6.25. The average molecular weight is 424 g/mol. The van der Waals surface area contributed by atoms with E-state index in [0.29, 0.717) is 22.1 Å². The molecular weight excluding hydrogens is 413 g/mol. The molecule has 1 saturated heterocycles. The van der Waals surface area contributed by atoms with Crippen LogP contribution in [0.15, 0.2) is 22.5 Å². The van der Waals surface area contributed by atoms with Gasteiger partial charge in [-0.25, -0.2) is 4.79 Å². The second-order valence-corrected chi connectivity index (χ2v) is 8.25. The van der Waals surface area contributed by atoms with Crippen molar-refractivity contribution in [1.29, 1.82) is 0 Å². The zero-order valence-corrected chi connectivity index (χ0v) is 15.5. The highest BCUT2D eigenvalue weighted by atomic mass is 35.5. The number of fused-ring (bicyclic) bond motifs is 1. The molecule has 25 heavy (non-hydrogen) atoms. The van der Waals surface area contributed by atoms with E-state index in [2.05, 4.69) is 20.7 Å². The molecular formula is C12H11Cl2N5O4S2. The van der Waals surface area contributed by atoms with Crippen molar-refractivity contribution in [3.8, 4) is 0 Å². The molecule has 3 N–H and O–H groups in total. The SMILES string of the molecule is O=C(O)C1=C(CSc2cn[nH]n2)CS[C@H]2C(NC(=O)C(Cl)Cl)C(=O)N12. The zero-order valence-electron chi connectivity index (χ0n) is 12.3. The van der Waals surface area contributed by atoms with Crippen LogP contribution in [0.1, 0.15) is 0 Å². The van der Waals surface area contributed by atoms with E-state index in [-0.39, 0.29) is 5.70 Å². The molecule has 1 aromatic heterocycles. The van der Waals surface area contributed by atoms with Gasteiger partial charge in [0.05, 0.1) is 6.20 Å². The maximum Gasteiger partial charge on any atom is 0.352 e. The monoisotopic (exact) mass is 423 g/mol. The molecule has 0 aromatic carbocycles. The molecule has 13 heteroatoms. The summed E-state index contributed by atoms with van der Waals surface area (Å²) in [7, 11) is 0. The van der Waals surface area contributed by atoms with E-state index < -0.39 is 34.0 Å². The van der Waals surface area contributed by atoms with Gasteiger partial charge in [-0.2, -0.15) is 10.3 Å². The highest BCUT2D eigenvalue weighted by Crippen LogP contribution is 2.41. The standard InChI is InChI=1S/C12H11Cl2N5O4S2/c13-8(14)9(20)16-6-10(21)19-7(12(22)23)4(3-25-11(6)19)2-24-5-1-15-18-17-5/h1,6,8,11H,2-3H2,(H,16,20)(H,22,23)(H,15,17,18)/t6?,11-/m0/s1. The van der Waals surface area contributed by atoms with Crippen LogP contribution in [0.2, 0.25) is 0 Å². The molecule has 2 aliphatic heterocycles. The van der Waals surface area contributed by atoms with Crippen LogP contribution in [0.25, 0.3) is 0 Å². The van der Waals surface area contributed by atoms with Crippen LogP contribution in [0.4, 0.5) is 0 Å². The highest BCUT2D eigenvalue weighted by molar-refractivity contribution is 8.01. The van der Waals surface area contributed by atoms with Crippen molar-refractivity contribution in [3.05, 3.63) is 17.5 Å². The first-order valence-electron chi connectivity index (χ1n) is 6.87. The van der Waals surface area contributed by atoms with Crippen LogP contribution < -0.4 is 5.32 Å². The first-order valence-corrected chi connectivity index (χ1v) is 9.78. The first-order chi connectivity index (χ1) is 11.9. The number of carbonyl (C=O) groups is 3. The summed E-state index contributed by atoms with van der Waals surface area (Å²) < 4.78 is 0. The third-order valence-electron chi connectivity index (χ3n) is 3.53. The van der Waals surface area contributed by atoms with Gasteiger partial charge in [-0.1, -0.05) is 35.0 Å². The number of aromatic nitrogens is 3. The lowest BCUT2D eigenvalue weighted by molar-refractivity contribution is -0.150. The number of nitrogens with zero attached hydrogens (tertiary/aromatic N) is 3. The predicted octanol–water partition coefficient (Wildman–Crippen LogP) is 0.439. The fourth-order valence-corrected chi connectivity index (χ4v) is 4.83. The minimum Gasteiger partial charge on any atom is -0.477 e. The van der Waals surface area contributed by atoms with Crippen LogP contribution in [0.5, 0.6) is 0 Å². The summed E-state index contributed by atoms with van der Waals surface area (Å²) in [5.74, 6) is -1.60. The number of rotatable bonds is 6. The lowest BCUT2D eigenvalue weighted by Gasteiger charge is -2.49. The van der Waals surface area contributed by atoms with E-state index in [9.17, 15) is 19.5 Å². The van der Waals surface area contributed by atoms with E-state index in [1.807, 2.05) is 0 Å². The molecule has 2 atom stereocenters. The van der Waals surface area contributed by atoms with Crippen LogP contribution >= 0.6 is 46.7 Å². The Bertz CT molecular complexity index is 742. The summed E-state index contributed by atoms with van der Waals surface area (Å²) in [6.07, 6.45) is 1.53. The number of carbonyl (C=O) groups excluding carboxylic acids is 2. The summed E-state index contributed by atoms with van der Waals surface area (Å²) in [4.78, 5) is 35.5. The molecule has 0 radical (unpaired) electrons. The van der Waals surface area contributed by atoms with Crippen molar-refractivity contribution < 1.29 is 19.5 Å². The van der Waals surface area contributed by atoms with Crippen LogP contribution in [-0.4, -0.2) is 71.0 Å². The van der Waals surface area contributed by atoms with Gasteiger partial charge in [0.25, 0.3) is 11.8 Å². The second kappa shape index (κ2) is 7.44. The molecule has 1 fully saturated rings. The van der Waals surface area contributed by atoms with Crippen LogP contribution in [0, 0.1) is 0 Å². The van der Waals surface area contributed by atoms with Gasteiger partial charge in [-0.05, 0) is 5.57 Å². The average Bonchev–Trinajstić information content (AvgIpc) is 3.09. The van der Waals surface area contributed by atoms with Gasteiger partial charge in [0.2, 0.25) is 0 Å². The Kier molecular flexibility index (Phi) is 5.46. The van der Waals surface area contributed by atoms with Crippen molar-refractivity contribution in [2.45, 2.75) is 21.3 Å². The van der Waals surface area contributed by atoms with Gasteiger partial charge in [-0.3, -0.25) is 14.5 Å². The quantitative estimate of drug-likeness (QED) is 0.341. The molecule has 134 valence electrons. The fraction of sp³-hybridized carbons (Fsp3) is 0.417. The van der Waals surface area contributed by atoms with Crippen LogP contribution in [0.3, 0.4) is 0 Å². The first kappa shape index (κ1) is 18.4. The van der Waals surface area contributed by atoms with Crippen molar-refractivity contribution in [1.82, 2.24) is 25.6 Å². The third kappa shape index (κ3) is 3.59.